The van der Waals surface area contributed by atoms with Gasteiger partial charge in [0.1, 0.15) is 18.1 Å². The van der Waals surface area contributed by atoms with Crippen LogP contribution in [0.25, 0.3) is 0 Å². The minimum absolute atomic E-state index is 0.0497. The number of benzene rings is 1. The number of hydrogen-bond donors (Lipinski definition) is 3. The number of hydrogen-bond acceptors (Lipinski definition) is 6. The fraction of sp³-hybridized carbons (Fsp3) is 0.600. The third kappa shape index (κ3) is 3.59. The Bertz CT molecular complexity index is 1180. The topological polar surface area (TPSA) is 105 Å². The fourth-order valence-corrected chi connectivity index (χ4v) is 8.17. The molecular formula is C30H38FNO6. The van der Waals surface area contributed by atoms with Gasteiger partial charge in [-0.05, 0) is 80.9 Å². The van der Waals surface area contributed by atoms with Crippen LogP contribution < -0.4 is 14.8 Å². The van der Waals surface area contributed by atoms with Gasteiger partial charge in [0, 0.05) is 16.7 Å². The normalized spacial score (nSPS) is 41.4. The van der Waals surface area contributed by atoms with Crippen molar-refractivity contribution < 1.29 is 33.7 Å². The molecule has 8 heteroatoms. The zero-order valence-corrected chi connectivity index (χ0v) is 22.5. The molecule has 3 saturated carbocycles. The van der Waals surface area contributed by atoms with Crippen LogP contribution in [-0.2, 0) is 9.59 Å². The van der Waals surface area contributed by atoms with Gasteiger partial charge in [0.25, 0.3) is 5.91 Å². The molecule has 8 unspecified atom stereocenters. The van der Waals surface area contributed by atoms with Gasteiger partial charge in [0.15, 0.2) is 17.1 Å². The second-order valence-electron chi connectivity index (χ2n) is 11.9. The van der Waals surface area contributed by atoms with E-state index in [1.54, 1.807) is 44.4 Å². The van der Waals surface area contributed by atoms with Crippen molar-refractivity contribution in [2.75, 3.05) is 20.3 Å². The van der Waals surface area contributed by atoms with E-state index < -0.39 is 45.9 Å². The number of aliphatic hydroxyl groups excluding tert-OH is 1. The molecule has 1 aromatic rings. The van der Waals surface area contributed by atoms with E-state index in [-0.39, 0.29) is 31.3 Å². The number of alkyl halides is 1. The first-order valence-corrected chi connectivity index (χ1v) is 13.5. The van der Waals surface area contributed by atoms with Crippen LogP contribution in [0.1, 0.15) is 46.5 Å². The Kier molecular flexibility index (Phi) is 6.50. The van der Waals surface area contributed by atoms with Crippen LogP contribution in [0.5, 0.6) is 11.5 Å². The molecule has 3 fully saturated rings. The van der Waals surface area contributed by atoms with Crippen molar-refractivity contribution in [2.24, 2.45) is 28.6 Å². The maximum absolute atomic E-state index is 17.2. The molecule has 0 bridgehead atoms. The van der Waals surface area contributed by atoms with Gasteiger partial charge in [-0.3, -0.25) is 9.59 Å². The van der Waals surface area contributed by atoms with Crippen LogP contribution in [0.2, 0.25) is 0 Å². The first kappa shape index (κ1) is 26.9. The molecule has 0 radical (unpaired) electrons. The maximum atomic E-state index is 17.2. The number of amides is 1. The molecular weight excluding hydrogens is 489 g/mol. The van der Waals surface area contributed by atoms with Crippen LogP contribution in [0, 0.1) is 28.6 Å². The van der Waals surface area contributed by atoms with E-state index in [0.29, 0.717) is 36.3 Å². The van der Waals surface area contributed by atoms with Crippen molar-refractivity contribution in [3.05, 3.63) is 48.1 Å². The molecule has 1 amide bonds. The Hall–Kier alpha value is -2.71. The Morgan fingerprint density at radius 2 is 1.87 bits per heavy atom. The summed E-state index contributed by atoms with van der Waals surface area (Å²) < 4.78 is 28.1. The second kappa shape index (κ2) is 9.19. The van der Waals surface area contributed by atoms with Gasteiger partial charge in [0.2, 0.25) is 0 Å². The summed E-state index contributed by atoms with van der Waals surface area (Å²) in [7, 11) is 1.59. The first-order valence-electron chi connectivity index (χ1n) is 13.5. The zero-order valence-electron chi connectivity index (χ0n) is 22.5. The summed E-state index contributed by atoms with van der Waals surface area (Å²) in [6.07, 6.45) is 4.54. The molecule has 206 valence electrons. The van der Waals surface area contributed by atoms with Gasteiger partial charge in [-0.25, -0.2) is 4.39 Å². The molecule has 0 spiro atoms. The molecule has 0 saturated heterocycles. The monoisotopic (exact) mass is 527 g/mol. The van der Waals surface area contributed by atoms with Gasteiger partial charge in [0.05, 0.1) is 19.8 Å². The predicted octanol–water partition coefficient (Wildman–Crippen LogP) is 3.54. The number of allylic oxidation sites excluding steroid dienone is 4. The van der Waals surface area contributed by atoms with E-state index in [9.17, 15) is 19.8 Å². The van der Waals surface area contributed by atoms with E-state index in [1.807, 2.05) is 13.8 Å². The molecule has 7 nitrogen and oxygen atoms in total. The number of rotatable bonds is 6. The molecule has 0 aromatic heterocycles. The van der Waals surface area contributed by atoms with Gasteiger partial charge >= 0.3 is 0 Å². The summed E-state index contributed by atoms with van der Waals surface area (Å²) in [5.41, 5.74) is -5.17. The third-order valence-corrected chi connectivity index (χ3v) is 10.3. The molecule has 1 aromatic carbocycles. The van der Waals surface area contributed by atoms with Crippen molar-refractivity contribution in [3.63, 3.8) is 0 Å². The number of nitrogens with one attached hydrogen (secondary N) is 1. The summed E-state index contributed by atoms with van der Waals surface area (Å²) in [5, 5.41) is 26.3. The number of carbonyl (C=O) groups is 2. The third-order valence-electron chi connectivity index (χ3n) is 10.3. The van der Waals surface area contributed by atoms with Crippen molar-refractivity contribution in [3.8, 4) is 11.5 Å². The average Bonchev–Trinajstić information content (AvgIpc) is 3.09. The first-order chi connectivity index (χ1) is 17.9. The Morgan fingerprint density at radius 1 is 1.18 bits per heavy atom. The summed E-state index contributed by atoms with van der Waals surface area (Å²) in [5.74, 6) is -0.621. The molecule has 38 heavy (non-hydrogen) atoms. The summed E-state index contributed by atoms with van der Waals surface area (Å²) in [6, 6.07) is 7.10. The molecule has 5 rings (SSSR count). The number of methoxy groups -OCH3 is 1. The lowest BCUT2D eigenvalue weighted by molar-refractivity contribution is -0.219. The molecule has 4 aliphatic carbocycles. The number of fused-ring (bicyclic) bond motifs is 5. The highest BCUT2D eigenvalue weighted by Gasteiger charge is 2.75. The minimum Gasteiger partial charge on any atom is -0.497 e. The van der Waals surface area contributed by atoms with E-state index >= 15 is 4.39 Å². The Balaban J connectivity index is 1.34. The number of halogens is 1. The van der Waals surface area contributed by atoms with Crippen molar-refractivity contribution >= 4 is 11.7 Å². The molecule has 0 heterocycles. The number of aliphatic hydroxyl groups is 2. The van der Waals surface area contributed by atoms with E-state index in [4.69, 9.17) is 9.47 Å². The van der Waals surface area contributed by atoms with Crippen LogP contribution in [-0.4, -0.2) is 59.5 Å². The Labute approximate surface area is 223 Å². The molecule has 4 aliphatic rings. The SMILES string of the molecule is COc1ccc(OCCNC(=O)C2(O)C(C)CC3C4CCC5=CC(=O)C=CC5(C)C4(F)C(O)CC32C)cc1. The van der Waals surface area contributed by atoms with Gasteiger partial charge in [-0.2, -0.15) is 0 Å². The van der Waals surface area contributed by atoms with Crippen LogP contribution in [0.15, 0.2) is 48.1 Å². The van der Waals surface area contributed by atoms with Crippen LogP contribution in [0.3, 0.4) is 0 Å². The van der Waals surface area contributed by atoms with E-state index in [2.05, 4.69) is 5.32 Å². The lowest BCUT2D eigenvalue weighted by Gasteiger charge is -2.62. The largest absolute Gasteiger partial charge is 0.497 e. The van der Waals surface area contributed by atoms with Gasteiger partial charge in [-0.15, -0.1) is 0 Å². The summed E-state index contributed by atoms with van der Waals surface area (Å²) in [6.45, 7) is 5.81. The highest BCUT2D eigenvalue weighted by molar-refractivity contribution is 6.01. The number of carbonyl (C=O) groups excluding carboxylic acids is 2. The van der Waals surface area contributed by atoms with Gasteiger partial charge < -0.3 is 25.0 Å². The quantitative estimate of drug-likeness (QED) is 0.489. The van der Waals surface area contributed by atoms with Crippen molar-refractivity contribution in [1.29, 1.82) is 0 Å². The van der Waals surface area contributed by atoms with Gasteiger partial charge in [-0.1, -0.05) is 25.5 Å². The van der Waals surface area contributed by atoms with Crippen LogP contribution >= 0.6 is 0 Å². The maximum Gasteiger partial charge on any atom is 0.252 e. The molecule has 0 aliphatic heterocycles. The number of ether oxygens (including phenoxy) is 2. The van der Waals surface area contributed by atoms with Crippen molar-refractivity contribution in [1.82, 2.24) is 5.32 Å². The second-order valence-corrected chi connectivity index (χ2v) is 11.9. The molecule has 3 N–H and O–H groups in total. The fourth-order valence-electron chi connectivity index (χ4n) is 8.17. The van der Waals surface area contributed by atoms with E-state index in [1.165, 1.54) is 12.2 Å². The standard InChI is InChI=1S/C30H38FNO6/c1-18-15-24-23-10-5-19-16-20(33)11-12-27(19,2)29(23,31)25(34)17-28(24,3)30(18,36)26(35)32-13-14-38-22-8-6-21(37-4)7-9-22/h6-9,11-12,16,18,23-25,34,36H,5,10,13-15,17H2,1-4H3,(H,32,35). The summed E-state index contributed by atoms with van der Waals surface area (Å²) in [4.78, 5) is 25.6. The smallest absolute Gasteiger partial charge is 0.252 e. The summed E-state index contributed by atoms with van der Waals surface area (Å²) >= 11 is 0. The highest BCUT2D eigenvalue weighted by Crippen LogP contribution is 2.70. The average molecular weight is 528 g/mol. The molecule has 8 atom stereocenters. The van der Waals surface area contributed by atoms with E-state index in [0.717, 1.165) is 0 Å². The van der Waals surface area contributed by atoms with Crippen LogP contribution in [0.4, 0.5) is 4.39 Å². The minimum atomic E-state index is -1.99. The predicted molar refractivity (Wildman–Crippen MR) is 139 cm³/mol. The van der Waals surface area contributed by atoms with Crippen molar-refractivity contribution in [2.45, 2.75) is 63.8 Å². The Morgan fingerprint density at radius 3 is 2.55 bits per heavy atom. The lowest BCUT2D eigenvalue weighted by atomic mass is 9.44. The number of ketones is 1. The zero-order chi connectivity index (χ0) is 27.5. The lowest BCUT2D eigenvalue weighted by Crippen LogP contribution is -2.70. The highest BCUT2D eigenvalue weighted by atomic mass is 19.1.